The lowest BCUT2D eigenvalue weighted by Gasteiger charge is -2.11. The van der Waals surface area contributed by atoms with E-state index in [1.807, 2.05) is 71.3 Å². The lowest BCUT2D eigenvalue weighted by molar-refractivity contribution is 0.0515. The lowest BCUT2D eigenvalue weighted by Crippen LogP contribution is -2.29. The molecule has 37 heavy (non-hydrogen) atoms. The van der Waals surface area contributed by atoms with Crippen LogP contribution in [0.1, 0.15) is 23.0 Å². The van der Waals surface area contributed by atoms with Gasteiger partial charge in [-0.1, -0.05) is 78.9 Å². The van der Waals surface area contributed by atoms with Gasteiger partial charge in [-0.05, 0) is 42.2 Å². The van der Waals surface area contributed by atoms with Crippen molar-refractivity contribution in [3.05, 3.63) is 131 Å². The first-order valence-electron chi connectivity index (χ1n) is 11.9. The van der Waals surface area contributed by atoms with Crippen LogP contribution in [0.4, 0.5) is 0 Å². The van der Waals surface area contributed by atoms with Crippen molar-refractivity contribution < 1.29 is 19.6 Å². The number of carbonyl (C=O) groups excluding carboxylic acids is 1. The summed E-state index contributed by atoms with van der Waals surface area (Å²) in [4.78, 5) is 25.3. The Kier molecular flexibility index (Phi) is 8.35. The predicted molar refractivity (Wildman–Crippen MR) is 145 cm³/mol. The van der Waals surface area contributed by atoms with Gasteiger partial charge in [0.15, 0.2) is 0 Å². The van der Waals surface area contributed by atoms with E-state index in [1.54, 1.807) is 47.9 Å². The summed E-state index contributed by atoms with van der Waals surface area (Å²) in [5.41, 5.74) is 4.10. The number of hydrogen-bond acceptors (Lipinski definition) is 5. The zero-order valence-electron chi connectivity index (χ0n) is 20.4. The molecule has 0 radical (unpaired) electrons. The summed E-state index contributed by atoms with van der Waals surface area (Å²) < 4.78 is 8.79. The molecular formula is C29H27BN2O5. The molecule has 0 spiro atoms. The van der Waals surface area contributed by atoms with E-state index < -0.39 is 13.1 Å². The lowest BCUT2D eigenvalue weighted by atomic mass is 9.81. The molecule has 0 saturated heterocycles. The van der Waals surface area contributed by atoms with Crippen molar-refractivity contribution in [2.45, 2.75) is 13.5 Å². The Labute approximate surface area is 215 Å². The standard InChI is InChI=1S/C23H20N2O3.C6H7BO2/c1-2-28-23(27)21-15-20-19(24(21)16-17-9-5-3-6-10-17)13-14-22(26)25(20)18-11-7-4-8-12-18;8-7(9)6-4-2-1-3-5-6/h3-15H,2,16H2,1H3;1-5,8-9H. The van der Waals surface area contributed by atoms with Crippen molar-refractivity contribution in [2.24, 2.45) is 0 Å². The predicted octanol–water partition coefficient (Wildman–Crippen LogP) is 3.38. The molecule has 7 nitrogen and oxygen atoms in total. The van der Waals surface area contributed by atoms with Gasteiger partial charge in [-0.25, -0.2) is 4.79 Å². The molecule has 0 unspecified atom stereocenters. The molecule has 5 aromatic rings. The third-order valence-corrected chi connectivity index (χ3v) is 5.74. The first-order chi connectivity index (χ1) is 18.0. The van der Waals surface area contributed by atoms with Crippen molar-refractivity contribution >= 4 is 29.6 Å². The maximum Gasteiger partial charge on any atom is 0.488 e. The second kappa shape index (κ2) is 12.0. The highest BCUT2D eigenvalue weighted by atomic mass is 16.5. The van der Waals surface area contributed by atoms with Gasteiger partial charge in [-0.15, -0.1) is 0 Å². The summed E-state index contributed by atoms with van der Waals surface area (Å²) >= 11 is 0. The molecule has 3 aromatic carbocycles. The maximum atomic E-state index is 12.6. The zero-order valence-corrected chi connectivity index (χ0v) is 20.4. The van der Waals surface area contributed by atoms with Crippen LogP contribution in [0, 0.1) is 0 Å². The number of hydrogen-bond donors (Lipinski definition) is 2. The van der Waals surface area contributed by atoms with Crippen LogP contribution in [0.25, 0.3) is 16.7 Å². The van der Waals surface area contributed by atoms with Gasteiger partial charge in [-0.2, -0.15) is 0 Å². The van der Waals surface area contributed by atoms with Crippen LogP contribution in [0.5, 0.6) is 0 Å². The highest BCUT2D eigenvalue weighted by molar-refractivity contribution is 6.58. The highest BCUT2D eigenvalue weighted by Crippen LogP contribution is 2.23. The number of pyridine rings is 1. The monoisotopic (exact) mass is 494 g/mol. The molecule has 186 valence electrons. The van der Waals surface area contributed by atoms with E-state index in [4.69, 9.17) is 14.8 Å². The van der Waals surface area contributed by atoms with Crippen LogP contribution < -0.4 is 11.0 Å². The third-order valence-electron chi connectivity index (χ3n) is 5.74. The van der Waals surface area contributed by atoms with E-state index in [0.717, 1.165) is 16.8 Å². The van der Waals surface area contributed by atoms with Gasteiger partial charge in [0, 0.05) is 18.3 Å². The molecule has 0 fully saturated rings. The fraction of sp³-hybridized carbons (Fsp3) is 0.103. The summed E-state index contributed by atoms with van der Waals surface area (Å²) in [7, 11) is -1.34. The average Bonchev–Trinajstić information content (AvgIpc) is 3.29. The van der Waals surface area contributed by atoms with Gasteiger partial charge in [0.05, 0.1) is 17.6 Å². The molecule has 2 heterocycles. The molecule has 8 heteroatoms. The van der Waals surface area contributed by atoms with Crippen molar-refractivity contribution in [1.82, 2.24) is 9.13 Å². The molecule has 5 rings (SSSR count). The number of ether oxygens (including phenoxy) is 1. The van der Waals surface area contributed by atoms with E-state index in [0.29, 0.717) is 23.2 Å². The van der Waals surface area contributed by atoms with Crippen LogP contribution in [0.2, 0.25) is 0 Å². The minimum Gasteiger partial charge on any atom is -0.461 e. The van der Waals surface area contributed by atoms with Crippen LogP contribution in [-0.4, -0.2) is 38.9 Å². The van der Waals surface area contributed by atoms with Crippen LogP contribution in [0.15, 0.2) is 114 Å². The summed E-state index contributed by atoms with van der Waals surface area (Å²) in [5, 5.41) is 17.2. The van der Waals surface area contributed by atoms with Gasteiger partial charge >= 0.3 is 13.1 Å². The summed E-state index contributed by atoms with van der Waals surface area (Å²) in [6.07, 6.45) is 0. The Morgan fingerprint density at radius 1 is 0.811 bits per heavy atom. The first-order valence-corrected chi connectivity index (χ1v) is 11.9. The normalized spacial score (nSPS) is 10.5. The minimum absolute atomic E-state index is 0.147. The first kappa shape index (κ1) is 25.7. The Balaban J connectivity index is 0.000000301. The SMILES string of the molecule is CCOC(=O)c1cc2c(ccc(=O)n2-c2ccccc2)n1Cc1ccccc1.OB(O)c1ccccc1. The number of benzene rings is 3. The number of aromatic nitrogens is 2. The second-order valence-corrected chi connectivity index (χ2v) is 8.22. The third kappa shape index (κ3) is 6.06. The molecule has 0 bridgehead atoms. The van der Waals surface area contributed by atoms with Crippen LogP contribution in [0.3, 0.4) is 0 Å². The van der Waals surface area contributed by atoms with Gasteiger partial charge in [0.2, 0.25) is 0 Å². The van der Waals surface area contributed by atoms with Gasteiger partial charge < -0.3 is 19.4 Å². The number of fused-ring (bicyclic) bond motifs is 1. The number of nitrogens with zero attached hydrogens (tertiary/aromatic N) is 2. The summed E-state index contributed by atoms with van der Waals surface area (Å²) in [6.45, 7) is 2.57. The van der Waals surface area contributed by atoms with E-state index in [-0.39, 0.29) is 12.2 Å². The van der Waals surface area contributed by atoms with Crippen molar-refractivity contribution in [3.63, 3.8) is 0 Å². The zero-order chi connectivity index (χ0) is 26.2. The molecule has 2 N–H and O–H groups in total. The molecule has 0 aliphatic heterocycles. The number of rotatable bonds is 6. The quantitative estimate of drug-likeness (QED) is 0.279. The van der Waals surface area contributed by atoms with Crippen molar-refractivity contribution in [2.75, 3.05) is 6.61 Å². The van der Waals surface area contributed by atoms with E-state index in [2.05, 4.69) is 0 Å². The molecule has 2 aromatic heterocycles. The van der Waals surface area contributed by atoms with Gasteiger partial charge in [-0.3, -0.25) is 9.36 Å². The molecule has 0 aliphatic rings. The average molecular weight is 494 g/mol. The maximum absolute atomic E-state index is 12.6. The van der Waals surface area contributed by atoms with E-state index in [9.17, 15) is 9.59 Å². The van der Waals surface area contributed by atoms with Gasteiger partial charge in [0.25, 0.3) is 5.56 Å². The molecule has 0 saturated carbocycles. The summed E-state index contributed by atoms with van der Waals surface area (Å²) in [5.74, 6) is -0.401. The van der Waals surface area contributed by atoms with Crippen LogP contribution >= 0.6 is 0 Å². The topological polar surface area (TPSA) is 93.7 Å². The second-order valence-electron chi connectivity index (χ2n) is 8.22. The summed E-state index contributed by atoms with van der Waals surface area (Å²) in [6, 6.07) is 33.0. The van der Waals surface area contributed by atoms with Crippen molar-refractivity contribution in [1.29, 1.82) is 0 Å². The Morgan fingerprint density at radius 3 is 1.97 bits per heavy atom. The number of para-hydroxylation sites is 1. The highest BCUT2D eigenvalue weighted by Gasteiger charge is 2.20. The molecule has 0 aliphatic carbocycles. The van der Waals surface area contributed by atoms with Gasteiger partial charge in [0.1, 0.15) is 5.69 Å². The molecule has 0 amide bonds. The Bertz CT molecular complexity index is 1510. The number of esters is 1. The fourth-order valence-electron chi connectivity index (χ4n) is 4.03. The Morgan fingerprint density at radius 2 is 1.41 bits per heavy atom. The van der Waals surface area contributed by atoms with Crippen LogP contribution in [-0.2, 0) is 11.3 Å². The fourth-order valence-corrected chi connectivity index (χ4v) is 4.03. The largest absolute Gasteiger partial charge is 0.488 e. The smallest absolute Gasteiger partial charge is 0.461 e. The van der Waals surface area contributed by atoms with Crippen molar-refractivity contribution in [3.8, 4) is 5.69 Å². The minimum atomic E-state index is -1.34. The molecule has 0 atom stereocenters. The molecular weight excluding hydrogens is 467 g/mol. The van der Waals surface area contributed by atoms with E-state index in [1.165, 1.54) is 6.07 Å². The Hall–Kier alpha value is -4.40. The number of carbonyl (C=O) groups is 1. The van der Waals surface area contributed by atoms with E-state index >= 15 is 0 Å².